The molecule has 6 rings (SSSR count). The van der Waals surface area contributed by atoms with Gasteiger partial charge in [-0.3, -0.25) is 9.48 Å². The minimum Gasteiger partial charge on any atom is -0.355 e. The molecule has 3 aromatic heterocycles. The first kappa shape index (κ1) is 26.0. The molecule has 200 valence electrons. The summed E-state index contributed by atoms with van der Waals surface area (Å²) in [5, 5.41) is 12.4. The van der Waals surface area contributed by atoms with E-state index in [2.05, 4.69) is 15.6 Å². The fraction of sp³-hybridized carbons (Fsp3) is 0.0690. The molecule has 0 unspecified atom stereocenters. The molecule has 0 aliphatic carbocycles. The minimum atomic E-state index is -3.40. The number of nitrogens with one attached hydrogen (secondary N) is 1. The van der Waals surface area contributed by atoms with Gasteiger partial charge in [-0.25, -0.2) is 8.42 Å². The van der Waals surface area contributed by atoms with Crippen molar-refractivity contribution in [2.75, 3.05) is 11.6 Å². The van der Waals surface area contributed by atoms with E-state index in [1.54, 1.807) is 59.3 Å². The largest absolute Gasteiger partial charge is 0.355 e. The SMILES string of the molecule is CS(=O)(=O)c1ccccc1-c1ccc(NC(=O)c2nn(Cc3cc(-c4ccc(Cl)s4)on3)c3ccccc23)cc1. The molecule has 0 saturated heterocycles. The highest BCUT2D eigenvalue weighted by molar-refractivity contribution is 7.90. The molecular weight excluding hydrogens is 568 g/mol. The number of fused-ring (bicyclic) bond motifs is 1. The number of sulfone groups is 1. The van der Waals surface area contributed by atoms with E-state index in [9.17, 15) is 13.2 Å². The molecule has 0 saturated carbocycles. The number of rotatable bonds is 7. The highest BCUT2D eigenvalue weighted by Crippen LogP contribution is 2.32. The Bertz CT molecular complexity index is 1970. The Balaban J connectivity index is 1.24. The standard InChI is InChI=1S/C29H21ClN4O4S2/c1-40(36,37)26-9-5-3-6-21(26)18-10-12-19(13-11-18)31-29(35)28-22-7-2-4-8-23(22)34(32-28)17-20-16-24(38-33-20)25-14-15-27(30)39-25/h2-16H,17H2,1H3,(H,31,35). The number of hydrogen-bond donors (Lipinski definition) is 1. The number of amides is 1. The molecular formula is C29H21ClN4O4S2. The van der Waals surface area contributed by atoms with Gasteiger partial charge in [-0.05, 0) is 42.0 Å². The van der Waals surface area contributed by atoms with E-state index in [0.29, 0.717) is 39.0 Å². The number of hydrogen-bond acceptors (Lipinski definition) is 7. The summed E-state index contributed by atoms with van der Waals surface area (Å²) in [6, 6.07) is 26.9. The summed E-state index contributed by atoms with van der Waals surface area (Å²) >= 11 is 7.45. The summed E-state index contributed by atoms with van der Waals surface area (Å²) in [5.74, 6) is 0.247. The molecule has 0 bridgehead atoms. The molecule has 0 spiro atoms. The average molecular weight is 589 g/mol. The van der Waals surface area contributed by atoms with Crippen molar-refractivity contribution in [3.05, 3.63) is 107 Å². The predicted octanol–water partition coefficient (Wildman–Crippen LogP) is 6.78. The van der Waals surface area contributed by atoms with Crippen LogP contribution in [-0.2, 0) is 16.4 Å². The number of halogens is 1. The normalized spacial score (nSPS) is 11.7. The summed E-state index contributed by atoms with van der Waals surface area (Å²) < 4.78 is 32.3. The third kappa shape index (κ3) is 5.16. The lowest BCUT2D eigenvalue weighted by atomic mass is 10.1. The molecule has 1 N–H and O–H groups in total. The van der Waals surface area contributed by atoms with Crippen molar-refractivity contribution in [2.24, 2.45) is 0 Å². The summed E-state index contributed by atoms with van der Waals surface area (Å²) in [5.41, 5.74) is 3.60. The first-order valence-electron chi connectivity index (χ1n) is 12.1. The van der Waals surface area contributed by atoms with Gasteiger partial charge in [0.15, 0.2) is 21.3 Å². The van der Waals surface area contributed by atoms with E-state index in [1.165, 1.54) is 17.6 Å². The molecule has 11 heteroatoms. The van der Waals surface area contributed by atoms with Gasteiger partial charge in [0.25, 0.3) is 5.91 Å². The molecule has 6 aromatic rings. The predicted molar refractivity (Wildman–Crippen MR) is 157 cm³/mol. The van der Waals surface area contributed by atoms with E-state index < -0.39 is 9.84 Å². The molecule has 0 atom stereocenters. The first-order valence-corrected chi connectivity index (χ1v) is 15.2. The van der Waals surface area contributed by atoms with Gasteiger partial charge in [0, 0.05) is 29.0 Å². The second-order valence-electron chi connectivity index (χ2n) is 9.11. The number of thiophene rings is 1. The zero-order valence-electron chi connectivity index (χ0n) is 21.0. The van der Waals surface area contributed by atoms with Crippen molar-refractivity contribution in [2.45, 2.75) is 11.4 Å². The Morgan fingerprint density at radius 2 is 1.75 bits per heavy atom. The number of para-hydroxylation sites is 1. The van der Waals surface area contributed by atoms with Crippen LogP contribution < -0.4 is 5.32 Å². The first-order chi connectivity index (χ1) is 19.3. The van der Waals surface area contributed by atoms with Crippen LogP contribution in [0.4, 0.5) is 5.69 Å². The van der Waals surface area contributed by atoms with Gasteiger partial charge in [-0.2, -0.15) is 5.10 Å². The molecule has 3 heterocycles. The second kappa shape index (κ2) is 10.4. The minimum absolute atomic E-state index is 0.252. The zero-order chi connectivity index (χ0) is 27.9. The Kier molecular flexibility index (Phi) is 6.75. The number of carbonyl (C=O) groups excluding carboxylic acids is 1. The van der Waals surface area contributed by atoms with Crippen LogP contribution in [0.3, 0.4) is 0 Å². The van der Waals surface area contributed by atoms with Crippen LogP contribution in [0.25, 0.3) is 32.7 Å². The van der Waals surface area contributed by atoms with Gasteiger partial charge in [0.05, 0.1) is 26.2 Å². The number of anilines is 1. The third-order valence-corrected chi connectivity index (χ3v) is 8.70. The van der Waals surface area contributed by atoms with Crippen molar-refractivity contribution in [1.82, 2.24) is 14.9 Å². The monoisotopic (exact) mass is 588 g/mol. The fourth-order valence-electron chi connectivity index (χ4n) is 4.47. The molecule has 1 amide bonds. The summed E-state index contributed by atoms with van der Waals surface area (Å²) in [6.07, 6.45) is 1.19. The van der Waals surface area contributed by atoms with Crippen molar-refractivity contribution >= 4 is 55.3 Å². The van der Waals surface area contributed by atoms with Crippen LogP contribution in [0.5, 0.6) is 0 Å². The van der Waals surface area contributed by atoms with E-state index in [-0.39, 0.29) is 16.5 Å². The molecule has 8 nitrogen and oxygen atoms in total. The highest BCUT2D eigenvalue weighted by atomic mass is 35.5. The molecule has 0 fully saturated rings. The molecule has 40 heavy (non-hydrogen) atoms. The topological polar surface area (TPSA) is 107 Å². The number of aromatic nitrogens is 3. The maximum Gasteiger partial charge on any atom is 0.276 e. The molecule has 0 aliphatic rings. The Hall–Kier alpha value is -4.25. The smallest absolute Gasteiger partial charge is 0.276 e. The van der Waals surface area contributed by atoms with Gasteiger partial charge in [-0.1, -0.05) is 65.3 Å². The van der Waals surface area contributed by atoms with E-state index in [0.717, 1.165) is 16.0 Å². The van der Waals surface area contributed by atoms with Crippen LogP contribution >= 0.6 is 22.9 Å². The Morgan fingerprint density at radius 1 is 1.00 bits per heavy atom. The van der Waals surface area contributed by atoms with Gasteiger partial charge in [0.2, 0.25) is 0 Å². The average Bonchev–Trinajstić information content (AvgIpc) is 3.68. The Labute approximate surface area is 238 Å². The third-order valence-electron chi connectivity index (χ3n) is 6.30. The van der Waals surface area contributed by atoms with Gasteiger partial charge < -0.3 is 9.84 Å². The quantitative estimate of drug-likeness (QED) is 0.220. The number of nitrogens with zero attached hydrogens (tertiary/aromatic N) is 3. The van der Waals surface area contributed by atoms with Gasteiger partial charge in [-0.15, -0.1) is 11.3 Å². The second-order valence-corrected chi connectivity index (χ2v) is 12.8. The molecule has 3 aromatic carbocycles. The highest BCUT2D eigenvalue weighted by Gasteiger charge is 2.19. The van der Waals surface area contributed by atoms with E-state index in [1.807, 2.05) is 36.4 Å². The van der Waals surface area contributed by atoms with Crippen molar-refractivity contribution in [3.63, 3.8) is 0 Å². The van der Waals surface area contributed by atoms with Crippen LogP contribution in [-0.4, -0.2) is 35.5 Å². The fourth-order valence-corrected chi connectivity index (χ4v) is 6.37. The van der Waals surface area contributed by atoms with E-state index >= 15 is 0 Å². The molecule has 0 aliphatic heterocycles. The van der Waals surface area contributed by atoms with Crippen LogP contribution in [0.1, 0.15) is 16.2 Å². The van der Waals surface area contributed by atoms with Gasteiger partial charge >= 0.3 is 0 Å². The number of carbonyl (C=O) groups is 1. The molecule has 0 radical (unpaired) electrons. The van der Waals surface area contributed by atoms with Crippen molar-refractivity contribution in [1.29, 1.82) is 0 Å². The maximum atomic E-state index is 13.3. The number of benzene rings is 3. The van der Waals surface area contributed by atoms with Crippen molar-refractivity contribution < 1.29 is 17.7 Å². The Morgan fingerprint density at radius 3 is 2.50 bits per heavy atom. The lowest BCUT2D eigenvalue weighted by Crippen LogP contribution is -2.14. The van der Waals surface area contributed by atoms with Gasteiger partial charge in [0.1, 0.15) is 5.69 Å². The lowest BCUT2D eigenvalue weighted by molar-refractivity contribution is 0.102. The van der Waals surface area contributed by atoms with Crippen LogP contribution in [0.15, 0.2) is 100 Å². The summed E-state index contributed by atoms with van der Waals surface area (Å²) in [4.78, 5) is 14.4. The summed E-state index contributed by atoms with van der Waals surface area (Å²) in [7, 11) is -3.40. The maximum absolute atomic E-state index is 13.3. The van der Waals surface area contributed by atoms with Crippen molar-refractivity contribution in [3.8, 4) is 21.8 Å². The van der Waals surface area contributed by atoms with Crippen LogP contribution in [0, 0.1) is 0 Å². The zero-order valence-corrected chi connectivity index (χ0v) is 23.4. The van der Waals surface area contributed by atoms with E-state index in [4.69, 9.17) is 16.1 Å². The van der Waals surface area contributed by atoms with Crippen LogP contribution in [0.2, 0.25) is 4.34 Å². The lowest BCUT2D eigenvalue weighted by Gasteiger charge is -2.09. The summed E-state index contributed by atoms with van der Waals surface area (Å²) in [6.45, 7) is 0.310.